The quantitative estimate of drug-likeness (QED) is 0.371. The lowest BCUT2D eigenvalue weighted by molar-refractivity contribution is 0.302. The molecule has 3 aromatic heterocycles. The highest BCUT2D eigenvalue weighted by Crippen LogP contribution is 2.38. The molecule has 0 aliphatic carbocycles. The van der Waals surface area contributed by atoms with Gasteiger partial charge in [-0.25, -0.2) is 14.6 Å². The Morgan fingerprint density at radius 2 is 1.97 bits per heavy atom. The van der Waals surface area contributed by atoms with Crippen LogP contribution in [0.4, 0.5) is 5.13 Å². The zero-order valence-corrected chi connectivity index (χ0v) is 21.8. The third-order valence-corrected chi connectivity index (χ3v) is 7.74. The molecule has 2 aliphatic heterocycles. The predicted molar refractivity (Wildman–Crippen MR) is 142 cm³/mol. The van der Waals surface area contributed by atoms with Crippen molar-refractivity contribution >= 4 is 33.1 Å². The zero-order valence-electron chi connectivity index (χ0n) is 21.0. The van der Waals surface area contributed by atoms with Gasteiger partial charge in [-0.05, 0) is 26.5 Å². The Labute approximate surface area is 214 Å². The van der Waals surface area contributed by atoms with Crippen molar-refractivity contribution in [2.75, 3.05) is 45.2 Å². The Bertz CT molecular complexity index is 1430. The molecule has 4 aromatic rings. The number of hydrogen-bond acceptors (Lipinski definition) is 9. The molecule has 9 nitrogen and oxygen atoms in total. The van der Waals surface area contributed by atoms with Crippen LogP contribution in [0.25, 0.3) is 22.4 Å². The van der Waals surface area contributed by atoms with E-state index in [4.69, 9.17) is 23.9 Å². The summed E-state index contributed by atoms with van der Waals surface area (Å²) in [5.41, 5.74) is 3.46. The molecular weight excluding hydrogens is 476 g/mol. The molecule has 0 bridgehead atoms. The van der Waals surface area contributed by atoms with Crippen molar-refractivity contribution in [1.82, 2.24) is 19.5 Å². The fourth-order valence-corrected chi connectivity index (χ4v) is 5.65. The van der Waals surface area contributed by atoms with Crippen molar-refractivity contribution < 1.29 is 13.9 Å². The first-order chi connectivity index (χ1) is 17.5. The Morgan fingerprint density at radius 1 is 1.14 bits per heavy atom. The third kappa shape index (κ3) is 4.35. The fraction of sp³-hybridized carbons (Fsp3) is 0.423. The summed E-state index contributed by atoms with van der Waals surface area (Å²) in [6.07, 6.45) is 2.85. The topological polar surface area (TPSA) is 81.2 Å². The van der Waals surface area contributed by atoms with Crippen LogP contribution in [0, 0.1) is 0 Å². The van der Waals surface area contributed by atoms with Crippen LogP contribution >= 0.6 is 11.3 Å². The number of aromatic nitrogens is 3. The van der Waals surface area contributed by atoms with Crippen LogP contribution in [0.3, 0.4) is 0 Å². The van der Waals surface area contributed by atoms with Gasteiger partial charge in [0.05, 0.1) is 24.4 Å². The number of anilines is 1. The molecule has 1 unspecified atom stereocenters. The van der Waals surface area contributed by atoms with E-state index in [-0.39, 0.29) is 0 Å². The second-order valence-corrected chi connectivity index (χ2v) is 10.5. The highest BCUT2D eigenvalue weighted by molar-refractivity contribution is 7.13. The highest BCUT2D eigenvalue weighted by atomic mass is 32.1. The number of thiazole rings is 1. The van der Waals surface area contributed by atoms with E-state index in [0.717, 1.165) is 66.0 Å². The van der Waals surface area contributed by atoms with Gasteiger partial charge in [0, 0.05) is 55.3 Å². The number of benzene rings is 1. The minimum Gasteiger partial charge on any atom is -0.496 e. The van der Waals surface area contributed by atoms with Crippen LogP contribution in [0.15, 0.2) is 39.3 Å². The number of piperazine rings is 1. The van der Waals surface area contributed by atoms with Crippen molar-refractivity contribution in [2.24, 2.45) is 5.10 Å². The van der Waals surface area contributed by atoms with Gasteiger partial charge in [-0.3, -0.25) is 0 Å². The maximum absolute atomic E-state index is 6.26. The van der Waals surface area contributed by atoms with Crippen molar-refractivity contribution in [2.45, 2.75) is 32.8 Å². The molecule has 10 heteroatoms. The van der Waals surface area contributed by atoms with E-state index < -0.39 is 0 Å². The Balaban J connectivity index is 1.25. The van der Waals surface area contributed by atoms with E-state index in [1.54, 1.807) is 18.4 Å². The smallest absolute Gasteiger partial charge is 0.185 e. The molecule has 2 aliphatic rings. The zero-order chi connectivity index (χ0) is 24.8. The van der Waals surface area contributed by atoms with Gasteiger partial charge in [0.2, 0.25) is 0 Å². The first kappa shape index (κ1) is 23.1. The standard InChI is InChI=1S/C26H30N6O3S/c1-16-9-17(2)29-32-13-21(28-25(16)32)24-12-20-22(10-19(33-4)11-23(20)35-24)34-14-18-15-36-26(27-18)31-7-5-30(3)6-8-31/h10-13,15-16H,5-9,14H2,1-4H3. The number of ether oxygens (including phenoxy) is 2. The maximum atomic E-state index is 6.26. The lowest BCUT2D eigenvalue weighted by Crippen LogP contribution is -2.44. The summed E-state index contributed by atoms with van der Waals surface area (Å²) in [5.74, 6) is 3.31. The van der Waals surface area contributed by atoms with Gasteiger partial charge in [0.1, 0.15) is 35.2 Å². The number of methoxy groups -OCH3 is 1. The summed E-state index contributed by atoms with van der Waals surface area (Å²) >= 11 is 1.67. The monoisotopic (exact) mass is 506 g/mol. The number of hydrogen-bond donors (Lipinski definition) is 0. The van der Waals surface area contributed by atoms with Gasteiger partial charge >= 0.3 is 0 Å². The van der Waals surface area contributed by atoms with Gasteiger partial charge in [-0.15, -0.1) is 11.3 Å². The van der Waals surface area contributed by atoms with Crippen molar-refractivity contribution in [3.63, 3.8) is 0 Å². The van der Waals surface area contributed by atoms with E-state index >= 15 is 0 Å². The molecule has 1 aromatic carbocycles. The number of rotatable bonds is 6. The van der Waals surface area contributed by atoms with Gasteiger partial charge in [0.25, 0.3) is 0 Å². The van der Waals surface area contributed by atoms with Crippen LogP contribution in [-0.2, 0) is 6.61 Å². The Hall–Kier alpha value is -3.37. The summed E-state index contributed by atoms with van der Waals surface area (Å²) < 4.78 is 19.8. The summed E-state index contributed by atoms with van der Waals surface area (Å²) in [6.45, 7) is 8.70. The average molecular weight is 507 g/mol. The normalized spacial score (nSPS) is 18.4. The van der Waals surface area contributed by atoms with Crippen molar-refractivity contribution in [1.29, 1.82) is 0 Å². The molecule has 6 rings (SSSR count). The van der Waals surface area contributed by atoms with E-state index in [1.807, 2.05) is 36.0 Å². The molecule has 36 heavy (non-hydrogen) atoms. The Morgan fingerprint density at radius 3 is 2.78 bits per heavy atom. The number of furan rings is 1. The molecule has 5 heterocycles. The molecule has 0 saturated carbocycles. The van der Waals surface area contributed by atoms with Crippen LogP contribution in [0.2, 0.25) is 0 Å². The minimum absolute atomic E-state index is 0.313. The highest BCUT2D eigenvalue weighted by Gasteiger charge is 2.23. The van der Waals surface area contributed by atoms with E-state index in [0.29, 0.717) is 35.4 Å². The third-order valence-electron chi connectivity index (χ3n) is 6.79. The van der Waals surface area contributed by atoms with Crippen LogP contribution in [0.1, 0.15) is 37.7 Å². The molecule has 0 radical (unpaired) electrons. The number of imidazole rings is 1. The average Bonchev–Trinajstić information content (AvgIpc) is 3.60. The predicted octanol–water partition coefficient (Wildman–Crippen LogP) is 4.82. The second kappa shape index (κ2) is 9.25. The first-order valence-electron chi connectivity index (χ1n) is 12.2. The lowest BCUT2D eigenvalue weighted by atomic mass is 10.0. The molecule has 0 spiro atoms. The van der Waals surface area contributed by atoms with Crippen LogP contribution in [-0.4, -0.2) is 65.6 Å². The van der Waals surface area contributed by atoms with Crippen molar-refractivity contribution in [3.8, 4) is 23.0 Å². The van der Waals surface area contributed by atoms with E-state index in [2.05, 4.69) is 34.3 Å². The molecule has 188 valence electrons. The molecular formula is C26H30N6O3S. The van der Waals surface area contributed by atoms with Crippen LogP contribution < -0.4 is 14.4 Å². The second-order valence-electron chi connectivity index (χ2n) is 9.62. The Kier molecular flexibility index (Phi) is 5.93. The van der Waals surface area contributed by atoms with Crippen molar-refractivity contribution in [3.05, 3.63) is 41.3 Å². The van der Waals surface area contributed by atoms with E-state index in [1.165, 1.54) is 0 Å². The van der Waals surface area contributed by atoms with Gasteiger partial charge in [0.15, 0.2) is 10.9 Å². The van der Waals surface area contributed by atoms with Gasteiger partial charge in [-0.2, -0.15) is 5.10 Å². The first-order valence-corrected chi connectivity index (χ1v) is 13.1. The van der Waals surface area contributed by atoms with Gasteiger partial charge < -0.3 is 23.7 Å². The minimum atomic E-state index is 0.313. The lowest BCUT2D eigenvalue weighted by Gasteiger charge is -2.32. The summed E-state index contributed by atoms with van der Waals surface area (Å²) in [4.78, 5) is 14.3. The van der Waals surface area contributed by atoms with E-state index in [9.17, 15) is 0 Å². The van der Waals surface area contributed by atoms with Crippen LogP contribution in [0.5, 0.6) is 11.5 Å². The molecule has 0 amide bonds. The molecule has 0 N–H and O–H groups in total. The number of nitrogens with zero attached hydrogens (tertiary/aromatic N) is 6. The largest absolute Gasteiger partial charge is 0.496 e. The van der Waals surface area contributed by atoms with Gasteiger partial charge in [-0.1, -0.05) is 6.92 Å². The maximum Gasteiger partial charge on any atom is 0.185 e. The summed E-state index contributed by atoms with van der Waals surface area (Å²) in [5, 5.41) is 8.62. The molecule has 1 fully saturated rings. The molecule has 1 saturated heterocycles. The number of likely N-dealkylation sites (N-methyl/N-ethyl adjacent to an activating group) is 1. The molecule has 1 atom stereocenters. The summed E-state index contributed by atoms with van der Waals surface area (Å²) in [6, 6.07) is 5.75. The fourth-order valence-electron chi connectivity index (χ4n) is 4.78. The summed E-state index contributed by atoms with van der Waals surface area (Å²) in [7, 11) is 3.80. The number of fused-ring (bicyclic) bond motifs is 2. The SMILES string of the molecule is COc1cc(OCc2csc(N3CCN(C)CC3)n2)c2cc(-c3cn4c(n3)C(C)CC(C)=N4)oc2c1.